The van der Waals surface area contributed by atoms with E-state index >= 15 is 0 Å². The molecule has 4 aromatic rings. The van der Waals surface area contributed by atoms with Crippen molar-refractivity contribution in [3.63, 3.8) is 0 Å². The Hall–Kier alpha value is -3.61. The molecule has 0 radical (unpaired) electrons. The van der Waals surface area contributed by atoms with Gasteiger partial charge in [0, 0.05) is 11.9 Å². The number of primary sulfonamides is 1. The van der Waals surface area contributed by atoms with Gasteiger partial charge in [0.15, 0.2) is 6.61 Å². The van der Waals surface area contributed by atoms with Crippen molar-refractivity contribution in [2.75, 3.05) is 13.2 Å². The summed E-state index contributed by atoms with van der Waals surface area (Å²) in [7, 11) is -3.75. The van der Waals surface area contributed by atoms with Crippen molar-refractivity contribution in [3.8, 4) is 5.69 Å². The summed E-state index contributed by atoms with van der Waals surface area (Å²) in [4.78, 5) is 25.6. The van der Waals surface area contributed by atoms with Gasteiger partial charge in [-0.15, -0.1) is 11.3 Å². The molecule has 0 aliphatic carbocycles. The summed E-state index contributed by atoms with van der Waals surface area (Å²) in [6.45, 7) is 1.64. The molecule has 182 valence electrons. The van der Waals surface area contributed by atoms with Gasteiger partial charge in [0.25, 0.3) is 5.91 Å². The lowest BCUT2D eigenvalue weighted by molar-refractivity contribution is -0.124. The first-order valence-corrected chi connectivity index (χ1v) is 12.8. The molecule has 0 atom stereocenters. The quantitative estimate of drug-likeness (QED) is 0.346. The topological polar surface area (TPSA) is 133 Å². The van der Waals surface area contributed by atoms with E-state index in [0.717, 1.165) is 10.9 Å². The van der Waals surface area contributed by atoms with Crippen LogP contribution in [-0.4, -0.2) is 43.2 Å². The van der Waals surface area contributed by atoms with Crippen molar-refractivity contribution in [1.29, 1.82) is 0 Å². The number of esters is 1. The molecule has 9 nitrogen and oxygen atoms in total. The Morgan fingerprint density at radius 1 is 1.14 bits per heavy atom. The highest BCUT2D eigenvalue weighted by Crippen LogP contribution is 2.30. The molecule has 0 fully saturated rings. The summed E-state index contributed by atoms with van der Waals surface area (Å²) in [5.74, 6) is -1.46. The summed E-state index contributed by atoms with van der Waals surface area (Å²) in [5, 5.41) is 12.9. The maximum Gasteiger partial charge on any atom is 0.348 e. The first-order valence-electron chi connectivity index (χ1n) is 10.4. The number of nitrogens with one attached hydrogen (secondary N) is 1. The molecule has 1 amide bonds. The third kappa shape index (κ3) is 5.73. The van der Waals surface area contributed by atoms with Crippen LogP contribution in [0.4, 0.5) is 4.39 Å². The molecule has 0 saturated carbocycles. The van der Waals surface area contributed by atoms with Crippen LogP contribution in [0, 0.1) is 12.7 Å². The number of nitrogens with zero attached hydrogens (tertiary/aromatic N) is 2. The lowest BCUT2D eigenvalue weighted by atomic mass is 10.1. The number of carbonyl (C=O) groups excluding carboxylic acids is 2. The standard InChI is InChI=1S/C23H21FN4O5S2/c1-14-19-12-20(34-22(19)28(27-14)17-6-4-16(24)5-7-17)23(30)33-13-21(29)26-11-10-15-2-8-18(9-3-15)35(25,31)32/h2-9,12H,10-11,13H2,1H3,(H,26,29)(H2,25,31,32). The summed E-state index contributed by atoms with van der Waals surface area (Å²) < 4.78 is 42.6. The molecule has 0 bridgehead atoms. The van der Waals surface area contributed by atoms with Crippen LogP contribution in [-0.2, 0) is 26.0 Å². The average molecular weight is 517 g/mol. The highest BCUT2D eigenvalue weighted by atomic mass is 32.2. The van der Waals surface area contributed by atoms with Gasteiger partial charge < -0.3 is 10.1 Å². The second-order valence-electron chi connectivity index (χ2n) is 7.67. The second kappa shape index (κ2) is 9.94. The van der Waals surface area contributed by atoms with Crippen molar-refractivity contribution >= 4 is 43.5 Å². The maximum absolute atomic E-state index is 13.3. The molecule has 2 aromatic heterocycles. The molecular formula is C23H21FN4O5S2. The highest BCUT2D eigenvalue weighted by molar-refractivity contribution is 7.89. The number of aryl methyl sites for hydroxylation is 1. The van der Waals surface area contributed by atoms with Crippen molar-refractivity contribution < 1.29 is 27.1 Å². The fraction of sp³-hybridized carbons (Fsp3) is 0.174. The van der Waals surface area contributed by atoms with Crippen molar-refractivity contribution in [2.24, 2.45) is 5.14 Å². The number of carbonyl (C=O) groups is 2. The van der Waals surface area contributed by atoms with Crippen LogP contribution in [0.3, 0.4) is 0 Å². The van der Waals surface area contributed by atoms with E-state index < -0.39 is 28.5 Å². The summed E-state index contributed by atoms with van der Waals surface area (Å²) in [6.07, 6.45) is 0.458. The molecule has 2 heterocycles. The number of amides is 1. The summed E-state index contributed by atoms with van der Waals surface area (Å²) in [5.41, 5.74) is 2.17. The molecule has 12 heteroatoms. The van der Waals surface area contributed by atoms with Crippen LogP contribution >= 0.6 is 11.3 Å². The van der Waals surface area contributed by atoms with Crippen LogP contribution < -0.4 is 10.5 Å². The van der Waals surface area contributed by atoms with Gasteiger partial charge in [0.05, 0.1) is 16.3 Å². The zero-order chi connectivity index (χ0) is 25.2. The van der Waals surface area contributed by atoms with Gasteiger partial charge >= 0.3 is 5.97 Å². The predicted molar refractivity (Wildman–Crippen MR) is 128 cm³/mol. The number of sulfonamides is 1. The molecule has 0 unspecified atom stereocenters. The fourth-order valence-corrected chi connectivity index (χ4v) is 4.94. The zero-order valence-electron chi connectivity index (χ0n) is 18.5. The minimum absolute atomic E-state index is 0.0130. The van der Waals surface area contributed by atoms with Gasteiger partial charge in [-0.25, -0.2) is 27.4 Å². The normalized spacial score (nSPS) is 11.5. The summed E-state index contributed by atoms with van der Waals surface area (Å²) in [6, 6.07) is 13.5. The fourth-order valence-electron chi connectivity index (χ4n) is 3.35. The molecule has 0 aliphatic heterocycles. The van der Waals surface area contributed by atoms with Crippen LogP contribution in [0.2, 0.25) is 0 Å². The van der Waals surface area contributed by atoms with E-state index in [1.807, 2.05) is 0 Å². The number of nitrogens with two attached hydrogens (primary N) is 1. The predicted octanol–water partition coefficient (Wildman–Crippen LogP) is 2.70. The van der Waals surface area contributed by atoms with E-state index in [4.69, 9.17) is 9.88 Å². The number of hydrogen-bond acceptors (Lipinski definition) is 7. The number of halogens is 1. The minimum atomic E-state index is -3.75. The van der Waals surface area contributed by atoms with Crippen molar-refractivity contribution in [1.82, 2.24) is 15.1 Å². The Kier molecular flexibility index (Phi) is 6.96. The monoisotopic (exact) mass is 516 g/mol. The highest BCUT2D eigenvalue weighted by Gasteiger charge is 2.19. The first kappa shape index (κ1) is 24.5. The third-order valence-electron chi connectivity index (χ3n) is 5.14. The molecule has 3 N–H and O–H groups in total. The van der Waals surface area contributed by atoms with Crippen LogP contribution in [0.15, 0.2) is 59.5 Å². The smallest absolute Gasteiger partial charge is 0.348 e. The molecule has 2 aromatic carbocycles. The molecule has 0 saturated heterocycles. The Labute approximate surface area is 204 Å². The van der Waals surface area contributed by atoms with E-state index in [1.54, 1.807) is 41.9 Å². The Morgan fingerprint density at radius 2 is 1.83 bits per heavy atom. The lowest BCUT2D eigenvalue weighted by Gasteiger charge is -2.07. The average Bonchev–Trinajstić information content (AvgIpc) is 3.38. The number of rotatable bonds is 8. The van der Waals surface area contributed by atoms with E-state index in [2.05, 4.69) is 10.4 Å². The molecular weight excluding hydrogens is 495 g/mol. The van der Waals surface area contributed by atoms with Crippen LogP contribution in [0.25, 0.3) is 15.9 Å². The number of hydrogen-bond donors (Lipinski definition) is 2. The van der Waals surface area contributed by atoms with Gasteiger partial charge in [-0.2, -0.15) is 5.10 Å². The van der Waals surface area contributed by atoms with Crippen molar-refractivity contribution in [3.05, 3.63) is 76.5 Å². The Bertz CT molecular complexity index is 1490. The zero-order valence-corrected chi connectivity index (χ0v) is 20.2. The van der Waals surface area contributed by atoms with Gasteiger partial charge in [0.1, 0.15) is 15.5 Å². The van der Waals surface area contributed by atoms with Gasteiger partial charge in [-0.1, -0.05) is 12.1 Å². The Morgan fingerprint density at radius 3 is 2.49 bits per heavy atom. The molecule has 35 heavy (non-hydrogen) atoms. The van der Waals surface area contributed by atoms with E-state index in [1.165, 1.54) is 35.6 Å². The molecule has 0 spiro atoms. The third-order valence-corrected chi connectivity index (χ3v) is 7.16. The number of ether oxygens (including phenoxy) is 1. The van der Waals surface area contributed by atoms with Gasteiger partial charge in [-0.3, -0.25) is 4.79 Å². The van der Waals surface area contributed by atoms with E-state index in [0.29, 0.717) is 27.5 Å². The molecule has 0 aliphatic rings. The van der Waals surface area contributed by atoms with Crippen LogP contribution in [0.1, 0.15) is 20.9 Å². The summed E-state index contributed by atoms with van der Waals surface area (Å²) >= 11 is 1.17. The lowest BCUT2D eigenvalue weighted by Crippen LogP contribution is -2.30. The van der Waals surface area contributed by atoms with Crippen LogP contribution in [0.5, 0.6) is 0 Å². The number of fused-ring (bicyclic) bond motifs is 1. The SMILES string of the molecule is Cc1nn(-c2ccc(F)cc2)c2sc(C(=O)OCC(=O)NCCc3ccc(S(N)(=O)=O)cc3)cc12. The number of benzene rings is 2. The van der Waals surface area contributed by atoms with Gasteiger partial charge in [0.2, 0.25) is 10.0 Å². The first-order chi connectivity index (χ1) is 16.6. The van der Waals surface area contributed by atoms with Crippen molar-refractivity contribution in [2.45, 2.75) is 18.2 Å². The van der Waals surface area contributed by atoms with Gasteiger partial charge in [-0.05, 0) is 61.4 Å². The number of aromatic nitrogens is 2. The molecule has 4 rings (SSSR count). The maximum atomic E-state index is 13.3. The second-order valence-corrected chi connectivity index (χ2v) is 10.3. The Balaban J connectivity index is 1.32. The number of thiophene rings is 1. The minimum Gasteiger partial charge on any atom is -0.451 e. The van der Waals surface area contributed by atoms with E-state index in [-0.39, 0.29) is 17.3 Å². The largest absolute Gasteiger partial charge is 0.451 e. The van der Waals surface area contributed by atoms with E-state index in [9.17, 15) is 22.4 Å².